The van der Waals surface area contributed by atoms with Crippen LogP contribution in [0, 0.1) is 0 Å². The van der Waals surface area contributed by atoms with Gasteiger partial charge in [-0.2, -0.15) is 0 Å². The Morgan fingerprint density at radius 2 is 1.96 bits per heavy atom. The minimum atomic E-state index is -0.0976. The van der Waals surface area contributed by atoms with Crippen LogP contribution in [0.25, 0.3) is 0 Å². The van der Waals surface area contributed by atoms with Crippen LogP contribution < -0.4 is 5.32 Å². The largest absolute Gasteiger partial charge is 0.383 e. The molecule has 0 bridgehead atoms. The van der Waals surface area contributed by atoms with Crippen molar-refractivity contribution in [2.24, 2.45) is 0 Å². The zero-order chi connectivity index (χ0) is 19.3. The zero-order valence-corrected chi connectivity index (χ0v) is 17.0. The minimum absolute atomic E-state index is 0.0844. The van der Waals surface area contributed by atoms with E-state index in [4.69, 9.17) is 4.74 Å². The van der Waals surface area contributed by atoms with Crippen LogP contribution in [0.15, 0.2) is 0 Å². The molecule has 1 spiro atoms. The van der Waals surface area contributed by atoms with Gasteiger partial charge in [-0.3, -0.25) is 9.69 Å². The Morgan fingerprint density at radius 1 is 1.19 bits per heavy atom. The van der Waals surface area contributed by atoms with Gasteiger partial charge in [0.2, 0.25) is 5.91 Å². The maximum Gasteiger partial charge on any atom is 0.317 e. The molecule has 0 unspecified atom stereocenters. The SMILES string of the molecule is COCCN1CC[C@]2(CCC1=O)CN(C(=O)NC1CCCCC1)CCN2C. The molecule has 154 valence electrons. The number of likely N-dealkylation sites (tertiary alicyclic amines) is 1. The fourth-order valence-electron chi connectivity index (χ4n) is 4.82. The lowest BCUT2D eigenvalue weighted by Crippen LogP contribution is -2.63. The molecule has 0 aromatic rings. The summed E-state index contributed by atoms with van der Waals surface area (Å²) in [7, 11) is 3.81. The number of hydrogen-bond acceptors (Lipinski definition) is 4. The highest BCUT2D eigenvalue weighted by molar-refractivity contribution is 5.77. The molecule has 1 atom stereocenters. The molecule has 3 fully saturated rings. The molecule has 0 aromatic carbocycles. The first-order valence-electron chi connectivity index (χ1n) is 10.6. The number of methoxy groups -OCH3 is 1. The molecule has 1 aliphatic carbocycles. The number of piperazine rings is 1. The molecule has 27 heavy (non-hydrogen) atoms. The fraction of sp³-hybridized carbons (Fsp3) is 0.900. The summed E-state index contributed by atoms with van der Waals surface area (Å²) in [6.45, 7) is 4.31. The van der Waals surface area contributed by atoms with Crippen molar-refractivity contribution in [2.75, 3.05) is 53.5 Å². The number of likely N-dealkylation sites (N-methyl/N-ethyl adjacent to an activating group) is 1. The average molecular weight is 381 g/mol. The third-order valence-corrected chi connectivity index (χ3v) is 6.79. The lowest BCUT2D eigenvalue weighted by atomic mass is 9.86. The maximum absolute atomic E-state index is 12.9. The van der Waals surface area contributed by atoms with Crippen LogP contribution in [0.2, 0.25) is 0 Å². The second-order valence-electron chi connectivity index (χ2n) is 8.48. The van der Waals surface area contributed by atoms with Gasteiger partial charge in [-0.05, 0) is 32.7 Å². The predicted molar refractivity (Wildman–Crippen MR) is 105 cm³/mol. The Balaban J connectivity index is 1.61. The quantitative estimate of drug-likeness (QED) is 0.806. The number of nitrogens with zero attached hydrogens (tertiary/aromatic N) is 3. The first-order chi connectivity index (χ1) is 13.0. The Kier molecular flexibility index (Phi) is 6.98. The number of carbonyl (C=O) groups is 2. The number of carbonyl (C=O) groups excluding carboxylic acids is 2. The topological polar surface area (TPSA) is 65.1 Å². The van der Waals surface area contributed by atoms with Gasteiger partial charge in [0.25, 0.3) is 0 Å². The number of rotatable bonds is 4. The highest BCUT2D eigenvalue weighted by atomic mass is 16.5. The molecule has 1 N–H and O–H groups in total. The van der Waals surface area contributed by atoms with Gasteiger partial charge in [-0.1, -0.05) is 19.3 Å². The molecule has 0 aromatic heterocycles. The van der Waals surface area contributed by atoms with E-state index >= 15 is 0 Å². The minimum Gasteiger partial charge on any atom is -0.383 e. The van der Waals surface area contributed by atoms with E-state index in [0.29, 0.717) is 32.2 Å². The van der Waals surface area contributed by atoms with E-state index in [1.165, 1.54) is 19.3 Å². The van der Waals surface area contributed by atoms with Crippen LogP contribution in [0.3, 0.4) is 0 Å². The molecule has 3 aliphatic rings. The summed E-state index contributed by atoms with van der Waals surface area (Å²) >= 11 is 0. The van der Waals surface area contributed by atoms with Crippen molar-refractivity contribution in [3.63, 3.8) is 0 Å². The normalized spacial score (nSPS) is 28.4. The van der Waals surface area contributed by atoms with E-state index in [-0.39, 0.29) is 17.5 Å². The number of hydrogen-bond donors (Lipinski definition) is 1. The molecule has 2 aliphatic heterocycles. The molecule has 1 saturated carbocycles. The van der Waals surface area contributed by atoms with Gasteiger partial charge in [0, 0.05) is 57.8 Å². The highest BCUT2D eigenvalue weighted by Crippen LogP contribution is 2.32. The third kappa shape index (κ3) is 4.93. The first-order valence-corrected chi connectivity index (χ1v) is 10.6. The van der Waals surface area contributed by atoms with Crippen molar-refractivity contribution in [3.05, 3.63) is 0 Å². The Bertz CT molecular complexity index is 523. The summed E-state index contributed by atoms with van der Waals surface area (Å²) in [5, 5.41) is 3.26. The average Bonchev–Trinajstić information content (AvgIpc) is 2.83. The number of urea groups is 1. The first kappa shape index (κ1) is 20.4. The smallest absolute Gasteiger partial charge is 0.317 e. The van der Waals surface area contributed by atoms with Gasteiger partial charge in [0.15, 0.2) is 0 Å². The summed E-state index contributed by atoms with van der Waals surface area (Å²) in [5.74, 6) is 0.209. The summed E-state index contributed by atoms with van der Waals surface area (Å²) in [5.41, 5.74) is -0.0976. The van der Waals surface area contributed by atoms with E-state index in [1.54, 1.807) is 7.11 Å². The second kappa shape index (κ2) is 9.24. The van der Waals surface area contributed by atoms with Gasteiger partial charge < -0.3 is 19.9 Å². The summed E-state index contributed by atoms with van der Waals surface area (Å²) in [6.07, 6.45) is 8.21. The summed E-state index contributed by atoms with van der Waals surface area (Å²) in [6, 6.07) is 0.420. The van der Waals surface area contributed by atoms with Gasteiger partial charge >= 0.3 is 6.03 Å². The second-order valence-corrected chi connectivity index (χ2v) is 8.48. The van der Waals surface area contributed by atoms with Gasteiger partial charge in [-0.15, -0.1) is 0 Å². The molecule has 7 heteroatoms. The van der Waals surface area contributed by atoms with Crippen LogP contribution in [0.5, 0.6) is 0 Å². The third-order valence-electron chi connectivity index (χ3n) is 6.79. The van der Waals surface area contributed by atoms with E-state index in [2.05, 4.69) is 17.3 Å². The standard InChI is InChI=1S/C20H36N4O3/c1-22-12-13-24(19(26)21-17-6-4-3-5-7-17)16-20(22)9-8-18(25)23(11-10-20)14-15-27-2/h17H,3-16H2,1-2H3,(H,21,26)/t20-/m1/s1. The number of ether oxygens (including phenoxy) is 1. The van der Waals surface area contributed by atoms with Crippen LogP contribution in [0.1, 0.15) is 51.4 Å². The molecule has 7 nitrogen and oxygen atoms in total. The fourth-order valence-corrected chi connectivity index (χ4v) is 4.82. The molecule has 0 radical (unpaired) electrons. The highest BCUT2D eigenvalue weighted by Gasteiger charge is 2.43. The summed E-state index contributed by atoms with van der Waals surface area (Å²) in [4.78, 5) is 31.6. The van der Waals surface area contributed by atoms with Crippen molar-refractivity contribution in [3.8, 4) is 0 Å². The van der Waals surface area contributed by atoms with Crippen LogP contribution in [0.4, 0.5) is 4.79 Å². The molecular weight excluding hydrogens is 344 g/mol. The number of amides is 3. The van der Waals surface area contributed by atoms with Gasteiger partial charge in [0.1, 0.15) is 0 Å². The Labute approximate surface area is 163 Å². The monoisotopic (exact) mass is 380 g/mol. The predicted octanol–water partition coefficient (Wildman–Crippen LogP) is 1.67. The van der Waals surface area contributed by atoms with Gasteiger partial charge in [-0.25, -0.2) is 4.79 Å². The lowest BCUT2D eigenvalue weighted by Gasteiger charge is -2.49. The molecule has 2 heterocycles. The van der Waals surface area contributed by atoms with Crippen molar-refractivity contribution < 1.29 is 14.3 Å². The Morgan fingerprint density at radius 3 is 2.70 bits per heavy atom. The van der Waals surface area contributed by atoms with Crippen molar-refractivity contribution in [2.45, 2.75) is 62.9 Å². The zero-order valence-electron chi connectivity index (χ0n) is 17.0. The number of nitrogens with one attached hydrogen (secondary N) is 1. The molecule has 3 amide bonds. The van der Waals surface area contributed by atoms with Crippen molar-refractivity contribution in [1.29, 1.82) is 0 Å². The molecular formula is C20H36N4O3. The summed E-state index contributed by atoms with van der Waals surface area (Å²) < 4.78 is 5.15. The molecule has 2 saturated heterocycles. The van der Waals surface area contributed by atoms with E-state index < -0.39 is 0 Å². The van der Waals surface area contributed by atoms with Crippen LogP contribution >= 0.6 is 0 Å². The van der Waals surface area contributed by atoms with Crippen LogP contribution in [-0.4, -0.2) is 91.7 Å². The van der Waals surface area contributed by atoms with Crippen LogP contribution in [-0.2, 0) is 9.53 Å². The van der Waals surface area contributed by atoms with E-state index in [9.17, 15) is 9.59 Å². The van der Waals surface area contributed by atoms with Crippen molar-refractivity contribution in [1.82, 2.24) is 20.0 Å². The maximum atomic E-state index is 12.9. The molecule has 3 rings (SSSR count). The lowest BCUT2D eigenvalue weighted by molar-refractivity contribution is -0.131. The van der Waals surface area contributed by atoms with E-state index in [0.717, 1.165) is 45.3 Å². The van der Waals surface area contributed by atoms with Crippen molar-refractivity contribution >= 4 is 11.9 Å². The van der Waals surface area contributed by atoms with Gasteiger partial charge in [0.05, 0.1) is 6.61 Å². The van der Waals surface area contributed by atoms with E-state index in [1.807, 2.05) is 9.80 Å². The Hall–Kier alpha value is -1.34.